The Bertz CT molecular complexity index is 978. The molecule has 174 valence electrons. The van der Waals surface area contributed by atoms with Gasteiger partial charge in [-0.1, -0.05) is 48.5 Å². The summed E-state index contributed by atoms with van der Waals surface area (Å²) in [6.07, 6.45) is 1.50. The number of hydrogen-bond donors (Lipinski definition) is 2. The molecular weight excluding hydrogens is 424 g/mol. The van der Waals surface area contributed by atoms with E-state index in [0.717, 1.165) is 24.0 Å². The lowest BCUT2D eigenvalue weighted by molar-refractivity contribution is -0.154. The number of likely N-dealkylation sites (tertiary alicyclic amines) is 1. The second-order valence-electron chi connectivity index (χ2n) is 8.24. The average Bonchev–Trinajstić information content (AvgIpc) is 3.16. The second-order valence-corrected chi connectivity index (χ2v) is 8.24. The van der Waals surface area contributed by atoms with Crippen molar-refractivity contribution in [1.82, 2.24) is 10.2 Å². The van der Waals surface area contributed by atoms with Gasteiger partial charge in [-0.15, -0.1) is 0 Å². The number of amides is 2. The number of aliphatic carboxylic acids is 1. The van der Waals surface area contributed by atoms with Gasteiger partial charge in [-0.2, -0.15) is 0 Å². The summed E-state index contributed by atoms with van der Waals surface area (Å²) in [6.45, 7) is 0.756. The second kappa shape index (κ2) is 10.5. The van der Waals surface area contributed by atoms with Crippen molar-refractivity contribution in [3.8, 4) is 11.1 Å². The number of rotatable bonds is 8. The van der Waals surface area contributed by atoms with Gasteiger partial charge < -0.3 is 24.8 Å². The third-order valence-corrected chi connectivity index (χ3v) is 6.19. The number of carbonyl (C=O) groups excluding carboxylic acids is 2. The summed E-state index contributed by atoms with van der Waals surface area (Å²) in [5.41, 5.74) is 4.62. The van der Waals surface area contributed by atoms with Gasteiger partial charge >= 0.3 is 12.1 Å². The molecule has 0 spiro atoms. The molecule has 8 heteroatoms. The van der Waals surface area contributed by atoms with Gasteiger partial charge in [0.2, 0.25) is 5.91 Å². The monoisotopic (exact) mass is 452 g/mol. The van der Waals surface area contributed by atoms with Crippen LogP contribution in [0.3, 0.4) is 0 Å². The molecule has 2 aliphatic rings. The Morgan fingerprint density at radius 2 is 1.67 bits per heavy atom. The van der Waals surface area contributed by atoms with Crippen molar-refractivity contribution >= 4 is 18.0 Å². The van der Waals surface area contributed by atoms with Crippen molar-refractivity contribution in [2.75, 3.05) is 32.9 Å². The normalized spacial score (nSPS) is 17.2. The first kappa shape index (κ1) is 22.8. The maximum absolute atomic E-state index is 12.3. The van der Waals surface area contributed by atoms with Crippen LogP contribution < -0.4 is 5.32 Å². The van der Waals surface area contributed by atoms with Crippen LogP contribution in [0.1, 0.15) is 36.3 Å². The van der Waals surface area contributed by atoms with Crippen LogP contribution in [0.25, 0.3) is 11.1 Å². The van der Waals surface area contributed by atoms with E-state index in [4.69, 9.17) is 9.47 Å². The Morgan fingerprint density at radius 1 is 1.00 bits per heavy atom. The largest absolute Gasteiger partial charge is 0.480 e. The highest BCUT2D eigenvalue weighted by molar-refractivity contribution is 5.84. The molecule has 0 radical (unpaired) electrons. The maximum Gasteiger partial charge on any atom is 0.407 e. The zero-order valence-corrected chi connectivity index (χ0v) is 18.4. The summed E-state index contributed by atoms with van der Waals surface area (Å²) in [6, 6.07) is 15.5. The lowest BCUT2D eigenvalue weighted by atomic mass is 9.98. The number of carboxylic acids is 1. The van der Waals surface area contributed by atoms with Crippen molar-refractivity contribution in [2.24, 2.45) is 0 Å². The third-order valence-electron chi connectivity index (χ3n) is 6.19. The molecule has 4 rings (SSSR count). The van der Waals surface area contributed by atoms with Gasteiger partial charge in [0.1, 0.15) is 19.3 Å². The molecule has 33 heavy (non-hydrogen) atoms. The van der Waals surface area contributed by atoms with Crippen LogP contribution >= 0.6 is 0 Å². The summed E-state index contributed by atoms with van der Waals surface area (Å²) in [5, 5.41) is 11.9. The Kier molecular flexibility index (Phi) is 7.24. The predicted octanol–water partition coefficient (Wildman–Crippen LogP) is 3.01. The molecule has 2 aromatic carbocycles. The number of nitrogens with one attached hydrogen (secondary N) is 1. The molecule has 0 saturated carbocycles. The van der Waals surface area contributed by atoms with Crippen LogP contribution in [-0.2, 0) is 19.1 Å². The fourth-order valence-electron chi connectivity index (χ4n) is 4.60. The predicted molar refractivity (Wildman–Crippen MR) is 121 cm³/mol. The standard InChI is InChI=1S/C25H28N2O6/c28-23(27-13-6-5-11-22(27)24(29)30)16-32-14-12-26-25(31)33-15-21-19-9-3-1-7-17(19)18-8-2-4-10-20(18)21/h1-4,7-10,21-22H,5-6,11-16H2,(H,26,31)(H,29,30). The van der Waals surface area contributed by atoms with Crippen LogP contribution in [0, 0.1) is 0 Å². The Hall–Kier alpha value is -3.39. The van der Waals surface area contributed by atoms with E-state index in [9.17, 15) is 19.5 Å². The van der Waals surface area contributed by atoms with Crippen LogP contribution in [0.4, 0.5) is 4.79 Å². The molecule has 1 saturated heterocycles. The highest BCUT2D eigenvalue weighted by Crippen LogP contribution is 2.44. The number of alkyl carbamates (subject to hydrolysis) is 1. The van der Waals surface area contributed by atoms with E-state index in [0.29, 0.717) is 13.0 Å². The SMILES string of the molecule is O=C(NCCOCC(=O)N1CCCCC1C(=O)O)OCC1c2ccccc2-c2ccccc21. The average molecular weight is 453 g/mol. The maximum atomic E-state index is 12.3. The van der Waals surface area contributed by atoms with Crippen molar-refractivity contribution in [3.63, 3.8) is 0 Å². The Labute approximate surface area is 192 Å². The molecule has 0 bridgehead atoms. The van der Waals surface area contributed by atoms with Crippen LogP contribution in [0.15, 0.2) is 48.5 Å². The topological polar surface area (TPSA) is 105 Å². The van der Waals surface area contributed by atoms with Gasteiger partial charge in [0.05, 0.1) is 6.61 Å². The molecule has 1 aliphatic carbocycles. The molecule has 8 nitrogen and oxygen atoms in total. The number of fused-ring (bicyclic) bond motifs is 3. The molecule has 1 heterocycles. The van der Waals surface area contributed by atoms with Gasteiger partial charge in [-0.25, -0.2) is 9.59 Å². The fraction of sp³-hybridized carbons (Fsp3) is 0.400. The minimum atomic E-state index is -0.986. The van der Waals surface area contributed by atoms with E-state index in [1.165, 1.54) is 16.0 Å². The van der Waals surface area contributed by atoms with E-state index in [2.05, 4.69) is 29.6 Å². The van der Waals surface area contributed by atoms with Crippen LogP contribution in [-0.4, -0.2) is 66.9 Å². The number of nitrogens with zero attached hydrogens (tertiary/aromatic N) is 1. The minimum absolute atomic E-state index is 0.0104. The van der Waals surface area contributed by atoms with Crippen molar-refractivity contribution in [3.05, 3.63) is 59.7 Å². The first-order valence-electron chi connectivity index (χ1n) is 11.2. The fourth-order valence-corrected chi connectivity index (χ4v) is 4.60. The van der Waals surface area contributed by atoms with Gasteiger partial charge in [0.25, 0.3) is 0 Å². The van der Waals surface area contributed by atoms with E-state index in [-0.39, 0.29) is 38.2 Å². The molecule has 1 fully saturated rings. The lowest BCUT2D eigenvalue weighted by Crippen LogP contribution is -2.49. The zero-order valence-electron chi connectivity index (χ0n) is 18.4. The lowest BCUT2D eigenvalue weighted by Gasteiger charge is -2.32. The molecule has 0 aromatic heterocycles. The molecule has 2 aromatic rings. The third kappa shape index (κ3) is 5.17. The van der Waals surface area contributed by atoms with E-state index in [1.807, 2.05) is 24.3 Å². The molecule has 1 atom stereocenters. The molecule has 1 unspecified atom stereocenters. The van der Waals surface area contributed by atoms with Crippen molar-refractivity contribution < 1.29 is 29.0 Å². The quantitative estimate of drug-likeness (QED) is 0.597. The van der Waals surface area contributed by atoms with Crippen molar-refractivity contribution in [2.45, 2.75) is 31.2 Å². The van der Waals surface area contributed by atoms with E-state index in [1.54, 1.807) is 0 Å². The highest BCUT2D eigenvalue weighted by atomic mass is 16.5. The number of carboxylic acid groups (broad SMARTS) is 1. The summed E-state index contributed by atoms with van der Waals surface area (Å²) >= 11 is 0. The summed E-state index contributed by atoms with van der Waals surface area (Å²) in [7, 11) is 0. The molecule has 2 N–H and O–H groups in total. The molecule has 1 aliphatic heterocycles. The highest BCUT2D eigenvalue weighted by Gasteiger charge is 2.32. The zero-order chi connectivity index (χ0) is 23.2. The summed E-state index contributed by atoms with van der Waals surface area (Å²) in [5.74, 6) is -1.34. The van der Waals surface area contributed by atoms with Crippen LogP contribution in [0.2, 0.25) is 0 Å². The number of benzene rings is 2. The number of carbonyl (C=O) groups is 3. The summed E-state index contributed by atoms with van der Waals surface area (Å²) in [4.78, 5) is 37.1. The summed E-state index contributed by atoms with van der Waals surface area (Å²) < 4.78 is 10.8. The first-order valence-corrected chi connectivity index (χ1v) is 11.2. The minimum Gasteiger partial charge on any atom is -0.480 e. The van der Waals surface area contributed by atoms with E-state index >= 15 is 0 Å². The van der Waals surface area contributed by atoms with Gasteiger partial charge in [-0.05, 0) is 41.5 Å². The molecular formula is C25H28N2O6. The van der Waals surface area contributed by atoms with Gasteiger partial charge in [-0.3, -0.25) is 4.79 Å². The Morgan fingerprint density at radius 3 is 2.33 bits per heavy atom. The van der Waals surface area contributed by atoms with Crippen molar-refractivity contribution in [1.29, 1.82) is 0 Å². The first-order chi connectivity index (χ1) is 16.1. The van der Waals surface area contributed by atoms with Crippen LogP contribution in [0.5, 0.6) is 0 Å². The number of hydrogen-bond acceptors (Lipinski definition) is 5. The smallest absolute Gasteiger partial charge is 0.407 e. The number of piperidine rings is 1. The van der Waals surface area contributed by atoms with Gasteiger partial charge in [0, 0.05) is 19.0 Å². The van der Waals surface area contributed by atoms with E-state index < -0.39 is 18.1 Å². The molecule has 2 amide bonds. The number of ether oxygens (including phenoxy) is 2. The Balaban J connectivity index is 1.19. The van der Waals surface area contributed by atoms with Gasteiger partial charge in [0.15, 0.2) is 0 Å².